The third kappa shape index (κ3) is 3.18. The monoisotopic (exact) mass is 304 g/mol. The van der Waals surface area contributed by atoms with Gasteiger partial charge in [0.1, 0.15) is 5.82 Å². The van der Waals surface area contributed by atoms with Crippen molar-refractivity contribution in [2.45, 2.75) is 25.8 Å². The SMILES string of the molecule is C=CCNC(=O)[C@@H]1CCC(=O)N(CC)[C@H]1c1ccccc1F. The van der Waals surface area contributed by atoms with Crippen LogP contribution < -0.4 is 5.32 Å². The summed E-state index contributed by atoms with van der Waals surface area (Å²) >= 11 is 0. The van der Waals surface area contributed by atoms with Crippen LogP contribution in [0.3, 0.4) is 0 Å². The average molecular weight is 304 g/mol. The quantitative estimate of drug-likeness (QED) is 0.849. The molecule has 4 nitrogen and oxygen atoms in total. The van der Waals surface area contributed by atoms with Crippen LogP contribution in [-0.4, -0.2) is 29.8 Å². The standard InChI is InChI=1S/C17H21FN2O2/c1-3-11-19-17(22)13-9-10-15(21)20(4-2)16(13)12-7-5-6-8-14(12)18/h3,5-8,13,16H,1,4,9-11H2,2H3,(H,19,22)/t13-,16+/m1/s1. The molecule has 1 saturated heterocycles. The van der Waals surface area contributed by atoms with Gasteiger partial charge in [-0.25, -0.2) is 4.39 Å². The highest BCUT2D eigenvalue weighted by molar-refractivity contribution is 5.85. The van der Waals surface area contributed by atoms with Gasteiger partial charge in [0.25, 0.3) is 0 Å². The smallest absolute Gasteiger partial charge is 0.225 e. The van der Waals surface area contributed by atoms with Gasteiger partial charge in [-0.1, -0.05) is 24.3 Å². The maximum Gasteiger partial charge on any atom is 0.225 e. The summed E-state index contributed by atoms with van der Waals surface area (Å²) < 4.78 is 14.2. The molecule has 5 heteroatoms. The molecule has 0 saturated carbocycles. The topological polar surface area (TPSA) is 49.4 Å². The Morgan fingerprint density at radius 2 is 2.23 bits per heavy atom. The minimum Gasteiger partial charge on any atom is -0.352 e. The van der Waals surface area contributed by atoms with E-state index in [1.54, 1.807) is 29.2 Å². The van der Waals surface area contributed by atoms with Gasteiger partial charge in [0.2, 0.25) is 11.8 Å². The van der Waals surface area contributed by atoms with Crippen molar-refractivity contribution in [1.29, 1.82) is 0 Å². The number of carbonyl (C=O) groups excluding carboxylic acids is 2. The highest BCUT2D eigenvalue weighted by atomic mass is 19.1. The van der Waals surface area contributed by atoms with E-state index >= 15 is 0 Å². The van der Waals surface area contributed by atoms with E-state index in [2.05, 4.69) is 11.9 Å². The molecule has 1 aliphatic heterocycles. The first kappa shape index (κ1) is 16.2. The zero-order valence-corrected chi connectivity index (χ0v) is 12.7. The van der Waals surface area contributed by atoms with Gasteiger partial charge >= 0.3 is 0 Å². The van der Waals surface area contributed by atoms with E-state index in [0.717, 1.165) is 0 Å². The molecule has 0 unspecified atom stereocenters. The Kier molecular flexibility index (Phi) is 5.31. The van der Waals surface area contributed by atoms with Crippen molar-refractivity contribution in [3.05, 3.63) is 48.3 Å². The molecule has 1 heterocycles. The molecule has 2 amide bonds. The van der Waals surface area contributed by atoms with Crippen molar-refractivity contribution in [1.82, 2.24) is 10.2 Å². The Morgan fingerprint density at radius 1 is 1.50 bits per heavy atom. The molecule has 1 aromatic carbocycles. The fraction of sp³-hybridized carbons (Fsp3) is 0.412. The highest BCUT2D eigenvalue weighted by Crippen LogP contribution is 2.37. The highest BCUT2D eigenvalue weighted by Gasteiger charge is 2.40. The van der Waals surface area contributed by atoms with Crippen LogP contribution in [0.15, 0.2) is 36.9 Å². The normalized spacial score (nSPS) is 21.5. The van der Waals surface area contributed by atoms with E-state index in [-0.39, 0.29) is 17.6 Å². The number of hydrogen-bond donors (Lipinski definition) is 1. The van der Waals surface area contributed by atoms with Crippen molar-refractivity contribution in [3.63, 3.8) is 0 Å². The van der Waals surface area contributed by atoms with Crippen LogP contribution >= 0.6 is 0 Å². The molecule has 22 heavy (non-hydrogen) atoms. The van der Waals surface area contributed by atoms with Gasteiger partial charge in [-0.2, -0.15) is 0 Å². The largest absolute Gasteiger partial charge is 0.352 e. The van der Waals surface area contributed by atoms with Gasteiger partial charge in [-0.05, 0) is 19.4 Å². The molecule has 118 valence electrons. The summed E-state index contributed by atoms with van der Waals surface area (Å²) in [5, 5.41) is 2.76. The zero-order valence-electron chi connectivity index (χ0n) is 12.7. The van der Waals surface area contributed by atoms with Gasteiger partial charge in [0.15, 0.2) is 0 Å². The van der Waals surface area contributed by atoms with Crippen molar-refractivity contribution >= 4 is 11.8 Å². The molecule has 2 rings (SSSR count). The van der Waals surface area contributed by atoms with Gasteiger partial charge in [0.05, 0.1) is 12.0 Å². The lowest BCUT2D eigenvalue weighted by Gasteiger charge is -2.40. The fourth-order valence-corrected chi connectivity index (χ4v) is 3.00. The molecule has 2 atom stereocenters. The number of hydrogen-bond acceptors (Lipinski definition) is 2. The van der Waals surface area contributed by atoms with Gasteiger partial charge in [-0.3, -0.25) is 9.59 Å². The Bertz CT molecular complexity index is 574. The Balaban J connectivity index is 2.38. The third-order valence-corrected chi connectivity index (χ3v) is 4.03. The minimum atomic E-state index is -0.558. The van der Waals surface area contributed by atoms with Crippen LogP contribution in [0.4, 0.5) is 4.39 Å². The van der Waals surface area contributed by atoms with Crippen molar-refractivity contribution in [2.75, 3.05) is 13.1 Å². The first-order valence-corrected chi connectivity index (χ1v) is 7.52. The molecule has 0 aliphatic carbocycles. The number of piperidine rings is 1. The maximum atomic E-state index is 14.2. The number of rotatable bonds is 5. The molecule has 1 aromatic rings. The number of likely N-dealkylation sites (tertiary alicyclic amines) is 1. The summed E-state index contributed by atoms with van der Waals surface area (Å²) in [6, 6.07) is 5.78. The number of carbonyl (C=O) groups is 2. The molecule has 0 radical (unpaired) electrons. The molecule has 0 spiro atoms. The lowest BCUT2D eigenvalue weighted by Crippen LogP contribution is -2.48. The van der Waals surface area contributed by atoms with Crippen molar-refractivity contribution < 1.29 is 14.0 Å². The van der Waals surface area contributed by atoms with Crippen LogP contribution in [0.1, 0.15) is 31.4 Å². The van der Waals surface area contributed by atoms with Crippen LogP contribution in [0.25, 0.3) is 0 Å². The number of nitrogens with one attached hydrogen (secondary N) is 1. The summed E-state index contributed by atoms with van der Waals surface area (Å²) in [5.41, 5.74) is 0.399. The summed E-state index contributed by atoms with van der Waals surface area (Å²) in [6.07, 6.45) is 2.34. The molecule has 0 aromatic heterocycles. The molecular formula is C17H21FN2O2. The Labute approximate surface area is 130 Å². The predicted octanol–water partition coefficient (Wildman–Crippen LogP) is 2.43. The van der Waals surface area contributed by atoms with E-state index in [1.807, 2.05) is 6.92 Å². The zero-order chi connectivity index (χ0) is 16.1. The van der Waals surface area contributed by atoms with Crippen LogP contribution in [0.2, 0.25) is 0 Å². The maximum absolute atomic E-state index is 14.2. The number of halogens is 1. The summed E-state index contributed by atoms with van der Waals surface area (Å²) in [4.78, 5) is 26.2. The van der Waals surface area contributed by atoms with E-state index in [1.165, 1.54) is 6.07 Å². The number of amides is 2. The predicted molar refractivity (Wildman–Crippen MR) is 82.5 cm³/mol. The second kappa shape index (κ2) is 7.20. The lowest BCUT2D eigenvalue weighted by atomic mass is 9.83. The Morgan fingerprint density at radius 3 is 2.86 bits per heavy atom. The minimum absolute atomic E-state index is 0.0384. The second-order valence-electron chi connectivity index (χ2n) is 5.33. The molecule has 1 fully saturated rings. The van der Waals surface area contributed by atoms with Crippen LogP contribution in [0.5, 0.6) is 0 Å². The van der Waals surface area contributed by atoms with E-state index < -0.39 is 12.0 Å². The average Bonchev–Trinajstić information content (AvgIpc) is 2.52. The van der Waals surface area contributed by atoms with Crippen LogP contribution in [-0.2, 0) is 9.59 Å². The first-order valence-electron chi connectivity index (χ1n) is 7.52. The Hall–Kier alpha value is -2.17. The van der Waals surface area contributed by atoms with Crippen LogP contribution in [0, 0.1) is 11.7 Å². The molecule has 0 bridgehead atoms. The molecule has 1 aliphatic rings. The van der Waals surface area contributed by atoms with E-state index in [0.29, 0.717) is 31.5 Å². The second-order valence-corrected chi connectivity index (χ2v) is 5.33. The molecular weight excluding hydrogens is 283 g/mol. The van der Waals surface area contributed by atoms with Gasteiger partial charge in [-0.15, -0.1) is 6.58 Å². The summed E-state index contributed by atoms with van der Waals surface area (Å²) in [7, 11) is 0. The third-order valence-electron chi connectivity index (χ3n) is 4.03. The van der Waals surface area contributed by atoms with Crippen molar-refractivity contribution in [3.8, 4) is 0 Å². The number of nitrogens with zero attached hydrogens (tertiary/aromatic N) is 1. The first-order chi connectivity index (χ1) is 10.6. The summed E-state index contributed by atoms with van der Waals surface area (Å²) in [6.45, 7) is 6.22. The lowest BCUT2D eigenvalue weighted by molar-refractivity contribution is -0.143. The molecule has 1 N–H and O–H groups in total. The van der Waals surface area contributed by atoms with E-state index in [9.17, 15) is 14.0 Å². The fourth-order valence-electron chi connectivity index (χ4n) is 3.00. The van der Waals surface area contributed by atoms with E-state index in [4.69, 9.17) is 0 Å². The van der Waals surface area contributed by atoms with Gasteiger partial charge in [0, 0.05) is 25.1 Å². The van der Waals surface area contributed by atoms with Gasteiger partial charge < -0.3 is 10.2 Å². The number of benzene rings is 1. The van der Waals surface area contributed by atoms with Crippen molar-refractivity contribution in [2.24, 2.45) is 5.92 Å². The summed E-state index contributed by atoms with van der Waals surface area (Å²) in [5.74, 6) is -1.04.